The van der Waals surface area contributed by atoms with E-state index >= 15 is 0 Å². The molecule has 0 bridgehead atoms. The third-order valence-electron chi connectivity index (χ3n) is 5.42. The second-order valence-electron chi connectivity index (χ2n) is 7.71. The molecule has 33 heavy (non-hydrogen) atoms. The molecule has 0 spiro atoms. The van der Waals surface area contributed by atoms with Gasteiger partial charge in [-0.1, -0.05) is 91.2 Å². The van der Waals surface area contributed by atoms with Crippen LogP contribution in [0.25, 0.3) is 0 Å². The van der Waals surface area contributed by atoms with Crippen LogP contribution < -0.4 is 10.6 Å². The van der Waals surface area contributed by atoms with E-state index in [-0.39, 0.29) is 18.9 Å². The number of carbonyl (C=O) groups excluding carboxylic acids is 2. The van der Waals surface area contributed by atoms with Gasteiger partial charge in [-0.25, -0.2) is 4.79 Å². The van der Waals surface area contributed by atoms with Crippen LogP contribution in [0.15, 0.2) is 84.9 Å². The van der Waals surface area contributed by atoms with Crippen LogP contribution in [0.1, 0.15) is 36.1 Å². The zero-order valence-electron chi connectivity index (χ0n) is 18.9. The maximum Gasteiger partial charge on any atom is 0.340 e. The van der Waals surface area contributed by atoms with Crippen LogP contribution in [0.5, 0.6) is 0 Å². The Morgan fingerprint density at radius 1 is 0.970 bits per heavy atom. The predicted molar refractivity (Wildman–Crippen MR) is 130 cm³/mol. The number of carbonyl (C=O) groups is 2. The Morgan fingerprint density at radius 3 is 2.15 bits per heavy atom. The van der Waals surface area contributed by atoms with E-state index in [0.29, 0.717) is 5.56 Å². The largest absolute Gasteiger partial charge is 0.450 e. The number of hydrogen-bond acceptors (Lipinski definition) is 4. The summed E-state index contributed by atoms with van der Waals surface area (Å²) in [7, 11) is 0. The second-order valence-corrected chi connectivity index (χ2v) is 7.71. The number of esters is 1. The van der Waals surface area contributed by atoms with E-state index in [2.05, 4.69) is 16.6 Å². The summed E-state index contributed by atoms with van der Waals surface area (Å²) in [6.45, 7) is 3.50. The fourth-order valence-corrected chi connectivity index (χ4v) is 3.73. The molecule has 5 nitrogen and oxygen atoms in total. The first-order valence-corrected chi connectivity index (χ1v) is 10.9. The number of hydrogen-bond donors (Lipinski definition) is 2. The zero-order valence-corrected chi connectivity index (χ0v) is 18.9. The topological polar surface area (TPSA) is 67.4 Å². The Morgan fingerprint density at radius 2 is 1.58 bits per heavy atom. The fourth-order valence-electron chi connectivity index (χ4n) is 3.73. The van der Waals surface area contributed by atoms with Gasteiger partial charge in [0.1, 0.15) is 0 Å². The van der Waals surface area contributed by atoms with E-state index in [1.807, 2.05) is 91.9 Å². The van der Waals surface area contributed by atoms with E-state index in [4.69, 9.17) is 11.2 Å². The van der Waals surface area contributed by atoms with Gasteiger partial charge in [0.15, 0.2) is 12.1 Å². The first-order chi connectivity index (χ1) is 16.0. The van der Waals surface area contributed by atoms with Crippen LogP contribution in [-0.2, 0) is 19.9 Å². The van der Waals surface area contributed by atoms with Crippen LogP contribution in [0.4, 0.5) is 5.69 Å². The number of terminal acetylenes is 1. The molecule has 0 aliphatic rings. The average Bonchev–Trinajstić information content (AvgIpc) is 2.86. The van der Waals surface area contributed by atoms with E-state index in [0.717, 1.165) is 16.8 Å². The highest BCUT2D eigenvalue weighted by molar-refractivity contribution is 5.91. The third-order valence-corrected chi connectivity index (χ3v) is 5.42. The molecule has 168 valence electrons. The number of ether oxygens (including phenoxy) is 1. The van der Waals surface area contributed by atoms with Gasteiger partial charge in [0.25, 0.3) is 0 Å². The lowest BCUT2D eigenvalue weighted by Gasteiger charge is -2.40. The van der Waals surface area contributed by atoms with Gasteiger partial charge >= 0.3 is 5.97 Å². The monoisotopic (exact) mass is 440 g/mol. The quantitative estimate of drug-likeness (QED) is 0.372. The van der Waals surface area contributed by atoms with Crippen molar-refractivity contribution in [3.8, 4) is 12.3 Å². The van der Waals surface area contributed by atoms with Gasteiger partial charge in [0.05, 0.1) is 6.04 Å². The Hall–Kier alpha value is -4.04. The summed E-state index contributed by atoms with van der Waals surface area (Å²) in [6, 6.07) is 25.8. The van der Waals surface area contributed by atoms with Crippen LogP contribution in [-0.4, -0.2) is 18.5 Å². The molecule has 2 N–H and O–H groups in total. The number of benzene rings is 3. The molecule has 3 rings (SSSR count). The molecule has 0 saturated carbocycles. The van der Waals surface area contributed by atoms with Gasteiger partial charge in [-0.2, -0.15) is 0 Å². The van der Waals surface area contributed by atoms with Crippen molar-refractivity contribution in [3.05, 3.63) is 102 Å². The number of amides is 1. The normalized spacial score (nSPS) is 13.1. The Labute approximate surface area is 195 Å². The van der Waals surface area contributed by atoms with Crippen molar-refractivity contribution in [2.45, 2.75) is 31.8 Å². The number of rotatable bonds is 9. The summed E-state index contributed by atoms with van der Waals surface area (Å²) in [4.78, 5) is 26.6. The van der Waals surface area contributed by atoms with E-state index < -0.39 is 17.6 Å². The summed E-state index contributed by atoms with van der Waals surface area (Å²) >= 11 is 0. The standard InChI is InChI=1S/C28H28N2O3/c1-4-20-33-27(32)28(30-25(31)5-2,23-18-16-21(3)17-19-23)26(22-12-8-6-9-13-22)29-24-14-10-7-11-15-24/h1,6-19,26,29H,5,20H2,2-3H3,(H,30,31)/t26-,28+/m0/s1. The number of anilines is 1. The highest BCUT2D eigenvalue weighted by Crippen LogP contribution is 2.39. The number of nitrogens with one attached hydrogen (secondary N) is 2. The van der Waals surface area contributed by atoms with Gasteiger partial charge in [-0.05, 0) is 30.2 Å². The average molecular weight is 441 g/mol. The van der Waals surface area contributed by atoms with Gasteiger partial charge < -0.3 is 15.4 Å². The van der Waals surface area contributed by atoms with Crippen LogP contribution in [0.2, 0.25) is 0 Å². The van der Waals surface area contributed by atoms with Crippen molar-refractivity contribution < 1.29 is 14.3 Å². The SMILES string of the molecule is C#CCOC(=O)[C@@](NC(=O)CC)(c1ccc(C)cc1)[C@@H](Nc1ccccc1)c1ccccc1. The molecule has 0 radical (unpaired) electrons. The van der Waals surface area contributed by atoms with E-state index in [1.54, 1.807) is 6.92 Å². The van der Waals surface area contributed by atoms with Gasteiger partial charge in [0.2, 0.25) is 5.91 Å². The first-order valence-electron chi connectivity index (χ1n) is 10.9. The van der Waals surface area contributed by atoms with Gasteiger partial charge in [-0.15, -0.1) is 6.42 Å². The lowest BCUT2D eigenvalue weighted by molar-refractivity contribution is -0.154. The maximum atomic E-state index is 13.8. The van der Waals surface area contributed by atoms with Crippen LogP contribution in [0.3, 0.4) is 0 Å². The minimum Gasteiger partial charge on any atom is -0.450 e. The van der Waals surface area contributed by atoms with Gasteiger partial charge in [-0.3, -0.25) is 4.79 Å². The molecule has 5 heteroatoms. The Bertz CT molecular complexity index is 1110. The molecule has 2 atom stereocenters. The highest BCUT2D eigenvalue weighted by atomic mass is 16.5. The maximum absolute atomic E-state index is 13.8. The van der Waals surface area contributed by atoms with Crippen molar-refractivity contribution >= 4 is 17.6 Å². The number of aryl methyl sites for hydroxylation is 1. The molecule has 0 fully saturated rings. The number of para-hydroxylation sites is 1. The third kappa shape index (κ3) is 5.42. The molecule has 0 unspecified atom stereocenters. The first kappa shape index (κ1) is 23.6. The van der Waals surface area contributed by atoms with Crippen molar-refractivity contribution in [1.82, 2.24) is 5.32 Å². The van der Waals surface area contributed by atoms with Crippen molar-refractivity contribution in [1.29, 1.82) is 0 Å². The molecular formula is C28H28N2O3. The van der Waals surface area contributed by atoms with Crippen molar-refractivity contribution in [2.24, 2.45) is 0 Å². The molecule has 3 aromatic rings. The molecular weight excluding hydrogens is 412 g/mol. The van der Waals surface area contributed by atoms with Crippen LogP contribution >= 0.6 is 0 Å². The lowest BCUT2D eigenvalue weighted by Crippen LogP contribution is -2.58. The van der Waals surface area contributed by atoms with Crippen LogP contribution in [0, 0.1) is 19.3 Å². The lowest BCUT2D eigenvalue weighted by atomic mass is 9.78. The Balaban J connectivity index is 2.29. The predicted octanol–water partition coefficient (Wildman–Crippen LogP) is 4.75. The van der Waals surface area contributed by atoms with E-state index in [9.17, 15) is 9.59 Å². The minimum atomic E-state index is -1.57. The zero-order chi connectivity index (χ0) is 23.7. The Kier molecular flexibility index (Phi) is 7.88. The summed E-state index contributed by atoms with van der Waals surface area (Å²) in [5, 5.41) is 6.47. The molecule has 1 amide bonds. The molecule has 0 aliphatic heterocycles. The highest BCUT2D eigenvalue weighted by Gasteiger charge is 2.51. The summed E-state index contributed by atoms with van der Waals surface area (Å²) in [5.74, 6) is 1.43. The second kappa shape index (κ2) is 11.0. The molecule has 0 aromatic heterocycles. The fraction of sp³-hybridized carbons (Fsp3) is 0.214. The smallest absolute Gasteiger partial charge is 0.340 e. The molecule has 0 heterocycles. The minimum absolute atomic E-state index is 0.197. The van der Waals surface area contributed by atoms with E-state index in [1.165, 1.54) is 0 Å². The van der Waals surface area contributed by atoms with Gasteiger partial charge in [0, 0.05) is 12.1 Å². The molecule has 0 aliphatic carbocycles. The summed E-state index contributed by atoms with van der Waals surface area (Å²) in [6.07, 6.45) is 5.58. The molecule has 0 saturated heterocycles. The summed E-state index contributed by atoms with van der Waals surface area (Å²) < 4.78 is 5.50. The molecule has 3 aromatic carbocycles. The summed E-state index contributed by atoms with van der Waals surface area (Å²) in [5.41, 5.74) is 1.64. The van der Waals surface area contributed by atoms with Crippen molar-refractivity contribution in [2.75, 3.05) is 11.9 Å². The van der Waals surface area contributed by atoms with Crippen molar-refractivity contribution in [3.63, 3.8) is 0 Å².